The van der Waals surface area contributed by atoms with Gasteiger partial charge in [0.05, 0.1) is 21.7 Å². The summed E-state index contributed by atoms with van der Waals surface area (Å²) in [7, 11) is 0. The Labute approximate surface area is 141 Å². The van der Waals surface area contributed by atoms with Crippen LogP contribution in [-0.4, -0.2) is 5.91 Å². The fourth-order valence-corrected chi connectivity index (χ4v) is 2.74. The first kappa shape index (κ1) is 16.9. The lowest BCUT2D eigenvalue weighted by Gasteiger charge is -2.21. The van der Waals surface area contributed by atoms with Crippen LogP contribution in [0, 0.1) is 5.92 Å². The van der Waals surface area contributed by atoms with Gasteiger partial charge in [-0.15, -0.1) is 0 Å². The molecular weight excluding hydrogens is 317 g/mol. The predicted molar refractivity (Wildman–Crippen MR) is 92.6 cm³/mol. The lowest BCUT2D eigenvalue weighted by Crippen LogP contribution is -2.29. The highest BCUT2D eigenvalue weighted by Gasteiger charge is 2.19. The summed E-state index contributed by atoms with van der Waals surface area (Å²) in [6.07, 6.45) is 0.855. The summed E-state index contributed by atoms with van der Waals surface area (Å²) in [5, 5.41) is 3.74. The number of amides is 1. The maximum Gasteiger partial charge on any atom is 0.253 e. The normalized spacial score (nSPS) is 12.2. The monoisotopic (exact) mass is 335 g/mol. The van der Waals surface area contributed by atoms with Gasteiger partial charge in [-0.25, -0.2) is 0 Å². The van der Waals surface area contributed by atoms with Crippen LogP contribution in [0.4, 0.5) is 0 Å². The Bertz CT molecular complexity index is 641. The van der Waals surface area contributed by atoms with E-state index < -0.39 is 0 Å². The molecule has 0 aliphatic heterocycles. The maximum atomic E-state index is 12.5. The number of halogens is 2. The topological polar surface area (TPSA) is 29.1 Å². The minimum absolute atomic E-state index is 0.0521. The van der Waals surface area contributed by atoms with Crippen LogP contribution in [-0.2, 0) is 0 Å². The first-order valence-electron chi connectivity index (χ1n) is 7.29. The standard InChI is InChI=1S/C18H19Cl2NO/c1-12(2)11-16(13-7-4-3-5-8-13)21-18(22)14-9-6-10-15(19)17(14)20/h3-10,12,16H,11H2,1-2H3,(H,21,22)/t16-/m0/s1. The van der Waals surface area contributed by atoms with Crippen molar-refractivity contribution >= 4 is 29.1 Å². The molecule has 0 spiro atoms. The molecule has 0 fully saturated rings. The Hall–Kier alpha value is -1.51. The van der Waals surface area contributed by atoms with Crippen LogP contribution in [0.1, 0.15) is 42.2 Å². The summed E-state index contributed by atoms with van der Waals surface area (Å²) in [6, 6.07) is 15.0. The number of nitrogens with one attached hydrogen (secondary N) is 1. The second kappa shape index (κ2) is 7.66. The number of hydrogen-bond donors (Lipinski definition) is 1. The van der Waals surface area contributed by atoms with E-state index in [9.17, 15) is 4.79 Å². The van der Waals surface area contributed by atoms with Gasteiger partial charge in [0.1, 0.15) is 0 Å². The van der Waals surface area contributed by atoms with E-state index in [1.165, 1.54) is 0 Å². The SMILES string of the molecule is CC(C)C[C@H](NC(=O)c1cccc(Cl)c1Cl)c1ccccc1. The molecule has 2 aromatic rings. The predicted octanol–water partition coefficient (Wildman–Crippen LogP) is 5.51. The Balaban J connectivity index is 2.23. The van der Waals surface area contributed by atoms with Gasteiger partial charge in [-0.3, -0.25) is 4.79 Å². The summed E-state index contributed by atoms with van der Waals surface area (Å²) in [5.74, 6) is 0.252. The van der Waals surface area contributed by atoms with Gasteiger partial charge in [0.25, 0.3) is 5.91 Å². The van der Waals surface area contributed by atoms with Crippen molar-refractivity contribution in [2.45, 2.75) is 26.3 Å². The number of carbonyl (C=O) groups excluding carboxylic acids is 1. The molecule has 0 aliphatic rings. The third kappa shape index (κ3) is 4.25. The van der Waals surface area contributed by atoms with E-state index in [0.717, 1.165) is 12.0 Å². The van der Waals surface area contributed by atoms with Crippen molar-refractivity contribution < 1.29 is 4.79 Å². The van der Waals surface area contributed by atoms with E-state index in [4.69, 9.17) is 23.2 Å². The quantitative estimate of drug-likeness (QED) is 0.766. The fraction of sp³-hybridized carbons (Fsp3) is 0.278. The van der Waals surface area contributed by atoms with Crippen LogP contribution in [0.3, 0.4) is 0 Å². The molecule has 2 rings (SSSR count). The highest BCUT2D eigenvalue weighted by molar-refractivity contribution is 6.43. The van der Waals surface area contributed by atoms with Crippen molar-refractivity contribution in [3.63, 3.8) is 0 Å². The summed E-state index contributed by atoms with van der Waals surface area (Å²) in [5.41, 5.74) is 1.49. The zero-order valence-corrected chi connectivity index (χ0v) is 14.2. The van der Waals surface area contributed by atoms with Gasteiger partial charge in [0.15, 0.2) is 0 Å². The average molecular weight is 336 g/mol. The van der Waals surface area contributed by atoms with Crippen LogP contribution >= 0.6 is 23.2 Å². The van der Waals surface area contributed by atoms with Gasteiger partial charge in [-0.1, -0.05) is 73.4 Å². The third-order valence-corrected chi connectivity index (χ3v) is 4.23. The van der Waals surface area contributed by atoms with Gasteiger partial charge < -0.3 is 5.32 Å². The van der Waals surface area contributed by atoms with E-state index in [1.54, 1.807) is 18.2 Å². The van der Waals surface area contributed by atoms with E-state index in [0.29, 0.717) is 16.5 Å². The molecule has 4 heteroatoms. The second-order valence-corrected chi connectivity index (χ2v) is 6.45. The van der Waals surface area contributed by atoms with Crippen LogP contribution in [0.25, 0.3) is 0 Å². The first-order chi connectivity index (χ1) is 10.5. The number of rotatable bonds is 5. The van der Waals surface area contributed by atoms with Crippen LogP contribution in [0.15, 0.2) is 48.5 Å². The lowest BCUT2D eigenvalue weighted by atomic mass is 9.96. The average Bonchev–Trinajstić information content (AvgIpc) is 2.49. The molecule has 22 heavy (non-hydrogen) atoms. The first-order valence-corrected chi connectivity index (χ1v) is 8.04. The smallest absolute Gasteiger partial charge is 0.253 e. The van der Waals surface area contributed by atoms with Crippen molar-refractivity contribution in [1.29, 1.82) is 0 Å². The zero-order chi connectivity index (χ0) is 16.1. The van der Waals surface area contributed by atoms with Crippen LogP contribution in [0.2, 0.25) is 10.0 Å². The van der Waals surface area contributed by atoms with Crippen molar-refractivity contribution in [2.75, 3.05) is 0 Å². The molecule has 0 unspecified atom stereocenters. The summed E-state index contributed by atoms with van der Waals surface area (Å²) >= 11 is 12.1. The Kier molecular flexibility index (Phi) is 5.87. The van der Waals surface area contributed by atoms with E-state index in [-0.39, 0.29) is 17.0 Å². The summed E-state index contributed by atoms with van der Waals surface area (Å²) in [4.78, 5) is 12.5. The van der Waals surface area contributed by atoms with E-state index >= 15 is 0 Å². The summed E-state index contributed by atoms with van der Waals surface area (Å²) in [6.45, 7) is 4.27. The molecule has 1 atom stereocenters. The molecule has 0 heterocycles. The number of hydrogen-bond acceptors (Lipinski definition) is 1. The van der Waals surface area contributed by atoms with Gasteiger partial charge in [0, 0.05) is 0 Å². The molecule has 1 amide bonds. The van der Waals surface area contributed by atoms with Crippen molar-refractivity contribution in [1.82, 2.24) is 5.32 Å². The lowest BCUT2D eigenvalue weighted by molar-refractivity contribution is 0.0932. The number of benzene rings is 2. The zero-order valence-electron chi connectivity index (χ0n) is 12.6. The maximum absolute atomic E-state index is 12.5. The molecule has 0 aliphatic carbocycles. The molecule has 0 bridgehead atoms. The third-order valence-electron chi connectivity index (χ3n) is 3.41. The fourth-order valence-electron chi connectivity index (χ4n) is 2.35. The van der Waals surface area contributed by atoms with Crippen LogP contribution < -0.4 is 5.32 Å². The highest BCUT2D eigenvalue weighted by atomic mass is 35.5. The van der Waals surface area contributed by atoms with Crippen molar-refractivity contribution in [3.05, 3.63) is 69.7 Å². The molecule has 116 valence electrons. The van der Waals surface area contributed by atoms with Crippen molar-refractivity contribution in [2.24, 2.45) is 5.92 Å². The van der Waals surface area contributed by atoms with Crippen LogP contribution in [0.5, 0.6) is 0 Å². The van der Waals surface area contributed by atoms with Gasteiger partial charge in [-0.05, 0) is 30.0 Å². The molecule has 0 aromatic heterocycles. The van der Waals surface area contributed by atoms with Gasteiger partial charge in [-0.2, -0.15) is 0 Å². The molecule has 2 nitrogen and oxygen atoms in total. The minimum Gasteiger partial charge on any atom is -0.345 e. The molecule has 0 saturated carbocycles. The summed E-state index contributed by atoms with van der Waals surface area (Å²) < 4.78 is 0. The largest absolute Gasteiger partial charge is 0.345 e. The van der Waals surface area contributed by atoms with Gasteiger partial charge >= 0.3 is 0 Å². The second-order valence-electron chi connectivity index (χ2n) is 5.67. The Morgan fingerprint density at radius 2 is 1.73 bits per heavy atom. The molecular formula is C18H19Cl2NO. The van der Waals surface area contributed by atoms with Gasteiger partial charge in [0.2, 0.25) is 0 Å². The molecule has 2 aromatic carbocycles. The Morgan fingerprint density at radius 1 is 1.05 bits per heavy atom. The van der Waals surface area contributed by atoms with Crippen molar-refractivity contribution in [3.8, 4) is 0 Å². The minimum atomic E-state index is -0.206. The number of carbonyl (C=O) groups is 1. The van der Waals surface area contributed by atoms with E-state index in [1.807, 2.05) is 30.3 Å². The molecule has 1 N–H and O–H groups in total. The molecule has 0 saturated heterocycles. The highest BCUT2D eigenvalue weighted by Crippen LogP contribution is 2.27. The van der Waals surface area contributed by atoms with E-state index in [2.05, 4.69) is 19.2 Å². The molecule has 0 radical (unpaired) electrons. The Morgan fingerprint density at radius 3 is 2.36 bits per heavy atom.